The van der Waals surface area contributed by atoms with Crippen molar-refractivity contribution >= 4 is 5.97 Å². The Morgan fingerprint density at radius 1 is 1.33 bits per heavy atom. The van der Waals surface area contributed by atoms with E-state index in [2.05, 4.69) is 19.9 Å². The zero-order chi connectivity index (χ0) is 16.9. The van der Waals surface area contributed by atoms with Crippen LogP contribution >= 0.6 is 0 Å². The molecule has 1 N–H and O–H groups in total. The number of rotatable bonds is 3. The van der Waals surface area contributed by atoms with Gasteiger partial charge in [-0.3, -0.25) is 4.79 Å². The predicted molar refractivity (Wildman–Crippen MR) is 86.7 cm³/mol. The van der Waals surface area contributed by atoms with Gasteiger partial charge >= 0.3 is 5.97 Å². The van der Waals surface area contributed by atoms with Gasteiger partial charge in [-0.2, -0.15) is 9.78 Å². The van der Waals surface area contributed by atoms with Crippen molar-refractivity contribution in [3.05, 3.63) is 11.6 Å². The predicted octanol–water partition coefficient (Wildman–Crippen LogP) is 4.03. The van der Waals surface area contributed by atoms with Crippen LogP contribution in [0.15, 0.2) is 11.6 Å². The van der Waals surface area contributed by atoms with E-state index in [0.29, 0.717) is 11.8 Å². The molecule has 4 atom stereocenters. The van der Waals surface area contributed by atoms with Gasteiger partial charge in [-0.1, -0.05) is 25.5 Å². The van der Waals surface area contributed by atoms with Gasteiger partial charge < -0.3 is 9.84 Å². The molecule has 0 aromatic heterocycles. The average Bonchev–Trinajstić information content (AvgIpc) is 3.09. The average molecular weight is 336 g/mol. The Kier molecular flexibility index (Phi) is 4.01. The largest absolute Gasteiger partial charge is 0.481 e. The van der Waals surface area contributed by atoms with Crippen molar-refractivity contribution in [2.45, 2.75) is 76.8 Å². The van der Waals surface area contributed by atoms with Crippen molar-refractivity contribution in [1.82, 2.24) is 0 Å². The van der Waals surface area contributed by atoms with Crippen molar-refractivity contribution in [2.75, 3.05) is 0 Å². The minimum atomic E-state index is -0.716. The third-order valence-electron chi connectivity index (χ3n) is 6.74. The van der Waals surface area contributed by atoms with Gasteiger partial charge in [0.05, 0.1) is 0 Å². The molecule has 24 heavy (non-hydrogen) atoms. The van der Waals surface area contributed by atoms with Crippen LogP contribution in [0, 0.1) is 23.7 Å². The summed E-state index contributed by atoms with van der Waals surface area (Å²) in [6, 6.07) is 0. The molecule has 2 spiro atoms. The highest BCUT2D eigenvalue weighted by Crippen LogP contribution is 2.58. The van der Waals surface area contributed by atoms with Crippen LogP contribution in [0.3, 0.4) is 0 Å². The third kappa shape index (κ3) is 2.52. The minimum absolute atomic E-state index is 0.193. The van der Waals surface area contributed by atoms with E-state index in [1.165, 1.54) is 6.42 Å². The van der Waals surface area contributed by atoms with E-state index in [0.717, 1.165) is 38.5 Å². The lowest BCUT2D eigenvalue weighted by molar-refractivity contribution is -0.369. The fraction of sp³-hybridized carbons (Fsp3) is 0.842. The summed E-state index contributed by atoms with van der Waals surface area (Å²) < 4.78 is 6.57. The molecular weight excluding hydrogens is 308 g/mol. The summed E-state index contributed by atoms with van der Waals surface area (Å²) in [5.41, 5.74) is 1.57. The number of aliphatic carboxylic acids is 1. The number of hydrogen-bond acceptors (Lipinski definition) is 4. The normalized spacial score (nSPS) is 47.3. The van der Waals surface area contributed by atoms with E-state index in [4.69, 9.17) is 19.6 Å². The van der Waals surface area contributed by atoms with Crippen molar-refractivity contribution in [1.29, 1.82) is 0 Å². The molecule has 0 amide bonds. The number of fused-ring (bicyclic) bond motifs is 3. The van der Waals surface area contributed by atoms with Crippen LogP contribution in [0.25, 0.3) is 0 Å². The van der Waals surface area contributed by atoms with Gasteiger partial charge in [0.25, 0.3) is 0 Å². The number of carboxylic acids is 1. The SMILES string of the molecule is CC[C@H]1C[C@H]2CC1=C[C@@H](C)[C@@]21OOC2(CCC(CC(=O)O)CC2)O1. The summed E-state index contributed by atoms with van der Waals surface area (Å²) in [5.74, 6) is -0.582. The first-order valence-corrected chi connectivity index (χ1v) is 9.46. The minimum Gasteiger partial charge on any atom is -0.481 e. The molecule has 1 saturated heterocycles. The van der Waals surface area contributed by atoms with E-state index >= 15 is 0 Å². The van der Waals surface area contributed by atoms with E-state index in [1.807, 2.05) is 0 Å². The van der Waals surface area contributed by atoms with Crippen molar-refractivity contribution in [2.24, 2.45) is 23.7 Å². The number of carboxylic acid groups (broad SMARTS) is 1. The van der Waals surface area contributed by atoms with Crippen LogP contribution in [-0.2, 0) is 19.3 Å². The van der Waals surface area contributed by atoms with E-state index in [1.54, 1.807) is 5.57 Å². The van der Waals surface area contributed by atoms with Gasteiger partial charge in [-0.25, -0.2) is 0 Å². The fourth-order valence-corrected chi connectivity index (χ4v) is 5.32. The summed E-state index contributed by atoms with van der Waals surface area (Å²) >= 11 is 0. The quantitative estimate of drug-likeness (QED) is 0.622. The van der Waals surface area contributed by atoms with Crippen LogP contribution in [0.5, 0.6) is 0 Å². The molecule has 4 rings (SSSR count). The number of hydrogen-bond donors (Lipinski definition) is 1. The Morgan fingerprint density at radius 2 is 2.08 bits per heavy atom. The van der Waals surface area contributed by atoms with Gasteiger partial charge in [-0.15, -0.1) is 0 Å². The maximum absolute atomic E-state index is 10.9. The molecule has 4 aliphatic rings. The molecule has 1 aliphatic heterocycles. The summed E-state index contributed by atoms with van der Waals surface area (Å²) in [4.78, 5) is 22.7. The number of allylic oxidation sites excluding steroid dienone is 1. The molecule has 0 aromatic rings. The molecule has 0 unspecified atom stereocenters. The molecule has 3 aliphatic carbocycles. The third-order valence-corrected chi connectivity index (χ3v) is 6.74. The fourth-order valence-electron chi connectivity index (χ4n) is 5.32. The molecule has 5 heteroatoms. The second-order valence-corrected chi connectivity index (χ2v) is 8.21. The van der Waals surface area contributed by atoms with Crippen molar-refractivity contribution in [3.63, 3.8) is 0 Å². The number of ether oxygens (including phenoxy) is 1. The monoisotopic (exact) mass is 336 g/mol. The second kappa shape index (κ2) is 5.82. The highest BCUT2D eigenvalue weighted by Gasteiger charge is 2.62. The molecule has 1 heterocycles. The van der Waals surface area contributed by atoms with Crippen LogP contribution in [-0.4, -0.2) is 22.7 Å². The first-order valence-electron chi connectivity index (χ1n) is 9.46. The van der Waals surface area contributed by atoms with Crippen LogP contribution < -0.4 is 0 Å². The standard InChI is InChI=1S/C19H28O5/c1-3-14-10-16-11-15(14)8-12(2)19(16)22-18(23-24-19)6-4-13(5-7-18)9-17(20)21/h8,12-14,16H,3-7,9-11H2,1-2H3,(H,20,21)/t12-,13?,14+,16+,18?,19-/m1/s1. The first-order chi connectivity index (χ1) is 11.5. The lowest BCUT2D eigenvalue weighted by Gasteiger charge is -2.40. The Hall–Kier alpha value is -0.910. The molecule has 5 nitrogen and oxygen atoms in total. The Balaban J connectivity index is 1.47. The zero-order valence-corrected chi connectivity index (χ0v) is 14.6. The van der Waals surface area contributed by atoms with Gasteiger partial charge in [0.2, 0.25) is 11.6 Å². The maximum Gasteiger partial charge on any atom is 0.303 e. The molecule has 134 valence electrons. The molecule has 0 radical (unpaired) electrons. The smallest absolute Gasteiger partial charge is 0.303 e. The van der Waals surface area contributed by atoms with Crippen LogP contribution in [0.1, 0.15) is 65.2 Å². The van der Waals surface area contributed by atoms with Gasteiger partial charge in [0.1, 0.15) is 0 Å². The highest BCUT2D eigenvalue weighted by molar-refractivity contribution is 5.67. The van der Waals surface area contributed by atoms with E-state index < -0.39 is 17.5 Å². The number of carbonyl (C=O) groups is 1. The van der Waals surface area contributed by atoms with Crippen LogP contribution in [0.2, 0.25) is 0 Å². The summed E-state index contributed by atoms with van der Waals surface area (Å²) in [5, 5.41) is 8.98. The Morgan fingerprint density at radius 3 is 2.75 bits per heavy atom. The van der Waals surface area contributed by atoms with E-state index in [9.17, 15) is 4.79 Å². The van der Waals surface area contributed by atoms with Gasteiger partial charge in [0, 0.05) is 31.1 Å². The summed E-state index contributed by atoms with van der Waals surface area (Å²) in [7, 11) is 0. The molecule has 2 saturated carbocycles. The maximum atomic E-state index is 10.9. The molecule has 2 bridgehead atoms. The molecule has 3 fully saturated rings. The lowest BCUT2D eigenvalue weighted by atomic mass is 9.80. The van der Waals surface area contributed by atoms with E-state index in [-0.39, 0.29) is 18.3 Å². The Bertz CT molecular complexity index is 548. The summed E-state index contributed by atoms with van der Waals surface area (Å²) in [6.45, 7) is 4.42. The topological polar surface area (TPSA) is 65.0 Å². The highest BCUT2D eigenvalue weighted by atomic mass is 17.3. The zero-order valence-electron chi connectivity index (χ0n) is 14.6. The first kappa shape index (κ1) is 16.6. The van der Waals surface area contributed by atoms with Gasteiger partial charge in [0.15, 0.2) is 0 Å². The van der Waals surface area contributed by atoms with Gasteiger partial charge in [-0.05, 0) is 43.9 Å². The second-order valence-electron chi connectivity index (χ2n) is 8.21. The lowest BCUT2D eigenvalue weighted by Crippen LogP contribution is -2.48. The van der Waals surface area contributed by atoms with Crippen molar-refractivity contribution < 1.29 is 24.4 Å². The van der Waals surface area contributed by atoms with Crippen molar-refractivity contribution in [3.8, 4) is 0 Å². The van der Waals surface area contributed by atoms with Crippen LogP contribution in [0.4, 0.5) is 0 Å². The summed E-state index contributed by atoms with van der Waals surface area (Å²) in [6.07, 6.45) is 9.03. The molecule has 0 aromatic carbocycles. The Labute approximate surface area is 143 Å². The molecular formula is C19H28O5.